The standard InChI is InChI=1S/C13H16N2O3S/c1-13(2,3)18-12(16)8-17-7-9-4-5-10-11(6-9)15-19-14-10/h4-6H,7-8H2,1-3H3. The van der Waals surface area contributed by atoms with E-state index in [-0.39, 0.29) is 12.6 Å². The monoisotopic (exact) mass is 280 g/mol. The van der Waals surface area contributed by atoms with E-state index < -0.39 is 5.60 Å². The number of hydrogen-bond donors (Lipinski definition) is 0. The summed E-state index contributed by atoms with van der Waals surface area (Å²) >= 11 is 1.18. The van der Waals surface area contributed by atoms with Gasteiger partial charge in [0, 0.05) is 0 Å². The molecule has 0 atom stereocenters. The van der Waals surface area contributed by atoms with Gasteiger partial charge in [0.15, 0.2) is 0 Å². The lowest BCUT2D eigenvalue weighted by molar-refractivity contribution is -0.160. The van der Waals surface area contributed by atoms with E-state index in [4.69, 9.17) is 9.47 Å². The molecule has 2 rings (SSSR count). The topological polar surface area (TPSA) is 61.3 Å². The van der Waals surface area contributed by atoms with Gasteiger partial charge in [0.05, 0.1) is 18.3 Å². The van der Waals surface area contributed by atoms with Gasteiger partial charge in [-0.3, -0.25) is 0 Å². The van der Waals surface area contributed by atoms with E-state index in [0.29, 0.717) is 6.61 Å². The van der Waals surface area contributed by atoms with Gasteiger partial charge in [-0.05, 0) is 38.5 Å². The Labute approximate surface area is 115 Å². The molecule has 0 spiro atoms. The van der Waals surface area contributed by atoms with E-state index in [1.54, 1.807) is 0 Å². The largest absolute Gasteiger partial charge is 0.458 e. The summed E-state index contributed by atoms with van der Waals surface area (Å²) in [6.07, 6.45) is 0. The van der Waals surface area contributed by atoms with Crippen molar-refractivity contribution >= 4 is 28.7 Å². The third kappa shape index (κ3) is 4.25. The summed E-state index contributed by atoms with van der Waals surface area (Å²) < 4.78 is 18.8. The number of ether oxygens (including phenoxy) is 2. The molecule has 1 aromatic carbocycles. The normalized spacial score (nSPS) is 11.7. The number of carbonyl (C=O) groups is 1. The quantitative estimate of drug-likeness (QED) is 0.805. The van der Waals surface area contributed by atoms with E-state index >= 15 is 0 Å². The third-order valence-corrected chi connectivity index (χ3v) is 2.78. The summed E-state index contributed by atoms with van der Waals surface area (Å²) in [6, 6.07) is 5.72. The van der Waals surface area contributed by atoms with Crippen LogP contribution in [0.5, 0.6) is 0 Å². The first-order valence-electron chi connectivity index (χ1n) is 5.95. The van der Waals surface area contributed by atoms with Gasteiger partial charge in [-0.25, -0.2) is 4.79 Å². The number of aromatic nitrogens is 2. The fraction of sp³-hybridized carbons (Fsp3) is 0.462. The molecule has 0 unspecified atom stereocenters. The lowest BCUT2D eigenvalue weighted by Gasteiger charge is -2.19. The van der Waals surface area contributed by atoms with Crippen molar-refractivity contribution in [1.29, 1.82) is 0 Å². The summed E-state index contributed by atoms with van der Waals surface area (Å²) in [4.78, 5) is 11.5. The highest BCUT2D eigenvalue weighted by Gasteiger charge is 2.16. The maximum absolute atomic E-state index is 11.5. The minimum absolute atomic E-state index is 0.0510. The number of fused-ring (bicyclic) bond motifs is 1. The molecule has 0 aliphatic heterocycles. The van der Waals surface area contributed by atoms with Crippen molar-refractivity contribution in [2.45, 2.75) is 33.0 Å². The lowest BCUT2D eigenvalue weighted by Crippen LogP contribution is -2.26. The van der Waals surface area contributed by atoms with E-state index in [2.05, 4.69) is 8.75 Å². The van der Waals surface area contributed by atoms with Gasteiger partial charge in [-0.2, -0.15) is 8.75 Å². The van der Waals surface area contributed by atoms with Gasteiger partial charge in [-0.1, -0.05) is 6.07 Å². The number of hydrogen-bond acceptors (Lipinski definition) is 6. The van der Waals surface area contributed by atoms with Gasteiger partial charge in [0.1, 0.15) is 23.2 Å². The Morgan fingerprint density at radius 3 is 2.74 bits per heavy atom. The van der Waals surface area contributed by atoms with E-state index in [0.717, 1.165) is 16.6 Å². The van der Waals surface area contributed by atoms with Crippen LogP contribution in [0.2, 0.25) is 0 Å². The summed E-state index contributed by atoms with van der Waals surface area (Å²) in [5.41, 5.74) is 2.21. The van der Waals surface area contributed by atoms with Crippen molar-refractivity contribution in [2.24, 2.45) is 0 Å². The molecular formula is C13H16N2O3S. The molecule has 0 bridgehead atoms. The molecule has 0 saturated carbocycles. The highest BCUT2D eigenvalue weighted by Crippen LogP contribution is 2.14. The molecule has 0 amide bonds. The molecule has 0 fully saturated rings. The van der Waals surface area contributed by atoms with Crippen LogP contribution in [-0.4, -0.2) is 26.9 Å². The Balaban J connectivity index is 1.83. The Hall–Kier alpha value is -1.53. The van der Waals surface area contributed by atoms with Gasteiger partial charge in [-0.15, -0.1) is 0 Å². The fourth-order valence-corrected chi connectivity index (χ4v) is 2.06. The van der Waals surface area contributed by atoms with Crippen LogP contribution in [0.3, 0.4) is 0 Å². The van der Waals surface area contributed by atoms with Crippen LogP contribution in [0, 0.1) is 0 Å². The second kappa shape index (κ2) is 5.63. The second-order valence-electron chi connectivity index (χ2n) is 5.17. The first-order valence-corrected chi connectivity index (χ1v) is 6.68. The zero-order valence-electron chi connectivity index (χ0n) is 11.2. The molecule has 5 nitrogen and oxygen atoms in total. The van der Waals surface area contributed by atoms with Crippen LogP contribution in [0.15, 0.2) is 18.2 Å². The van der Waals surface area contributed by atoms with Crippen molar-refractivity contribution in [3.05, 3.63) is 23.8 Å². The molecule has 0 radical (unpaired) electrons. The van der Waals surface area contributed by atoms with E-state index in [9.17, 15) is 4.79 Å². The SMILES string of the molecule is CC(C)(C)OC(=O)COCc1ccc2nsnc2c1. The smallest absolute Gasteiger partial charge is 0.332 e. The zero-order chi connectivity index (χ0) is 13.9. The Bertz CT molecular complexity index is 575. The van der Waals surface area contributed by atoms with Crippen LogP contribution in [0.4, 0.5) is 0 Å². The average molecular weight is 280 g/mol. The predicted octanol–water partition coefficient (Wildman–Crippen LogP) is 2.55. The van der Waals surface area contributed by atoms with Crippen molar-refractivity contribution in [1.82, 2.24) is 8.75 Å². The molecule has 2 aromatic rings. The molecular weight excluding hydrogens is 264 g/mol. The van der Waals surface area contributed by atoms with Crippen LogP contribution in [0.1, 0.15) is 26.3 Å². The zero-order valence-corrected chi connectivity index (χ0v) is 12.0. The number of carbonyl (C=O) groups excluding carboxylic acids is 1. The summed E-state index contributed by atoms with van der Waals surface area (Å²) in [7, 11) is 0. The van der Waals surface area contributed by atoms with Crippen molar-refractivity contribution in [2.75, 3.05) is 6.61 Å². The molecule has 0 aliphatic rings. The van der Waals surface area contributed by atoms with E-state index in [1.807, 2.05) is 39.0 Å². The maximum Gasteiger partial charge on any atom is 0.332 e. The van der Waals surface area contributed by atoms with E-state index in [1.165, 1.54) is 11.7 Å². The molecule has 0 N–H and O–H groups in total. The van der Waals surface area contributed by atoms with Crippen LogP contribution in [-0.2, 0) is 20.9 Å². The molecule has 0 aliphatic carbocycles. The summed E-state index contributed by atoms with van der Waals surface area (Å²) in [5, 5.41) is 0. The fourth-order valence-electron chi connectivity index (χ4n) is 1.54. The second-order valence-corrected chi connectivity index (χ2v) is 5.69. The van der Waals surface area contributed by atoms with Crippen LogP contribution in [0.25, 0.3) is 11.0 Å². The molecule has 0 saturated heterocycles. The molecule has 6 heteroatoms. The lowest BCUT2D eigenvalue weighted by atomic mass is 10.2. The highest BCUT2D eigenvalue weighted by atomic mass is 32.1. The molecule has 1 aromatic heterocycles. The van der Waals surface area contributed by atoms with Crippen molar-refractivity contribution < 1.29 is 14.3 Å². The van der Waals surface area contributed by atoms with Gasteiger partial charge in [0.25, 0.3) is 0 Å². The maximum atomic E-state index is 11.5. The van der Waals surface area contributed by atoms with Crippen molar-refractivity contribution in [3.63, 3.8) is 0 Å². The van der Waals surface area contributed by atoms with Crippen LogP contribution >= 0.6 is 11.7 Å². The van der Waals surface area contributed by atoms with Crippen molar-refractivity contribution in [3.8, 4) is 0 Å². The summed E-state index contributed by atoms with van der Waals surface area (Å²) in [6.45, 7) is 5.79. The molecule has 19 heavy (non-hydrogen) atoms. The number of benzene rings is 1. The highest BCUT2D eigenvalue weighted by molar-refractivity contribution is 7.00. The van der Waals surface area contributed by atoms with Gasteiger partial charge in [0.2, 0.25) is 0 Å². The number of nitrogens with zero attached hydrogens (tertiary/aromatic N) is 2. The third-order valence-electron chi connectivity index (χ3n) is 2.23. The Morgan fingerprint density at radius 2 is 2.00 bits per heavy atom. The predicted molar refractivity (Wildman–Crippen MR) is 72.9 cm³/mol. The molecule has 102 valence electrons. The minimum atomic E-state index is -0.481. The average Bonchev–Trinajstić information content (AvgIpc) is 2.73. The van der Waals surface area contributed by atoms with Crippen LogP contribution < -0.4 is 0 Å². The Morgan fingerprint density at radius 1 is 1.26 bits per heavy atom. The van der Waals surface area contributed by atoms with Gasteiger partial charge >= 0.3 is 5.97 Å². The number of esters is 1. The molecule has 1 heterocycles. The minimum Gasteiger partial charge on any atom is -0.458 e. The van der Waals surface area contributed by atoms with Gasteiger partial charge < -0.3 is 9.47 Å². The first-order chi connectivity index (χ1) is 8.94. The first kappa shape index (κ1) is 13.9. The summed E-state index contributed by atoms with van der Waals surface area (Å²) in [5.74, 6) is -0.357. The number of rotatable bonds is 4. The Kier molecular flexibility index (Phi) is 4.11.